The smallest absolute Gasteiger partial charge is 0.251 e. The van der Waals surface area contributed by atoms with Crippen LogP contribution in [0.5, 0.6) is 0 Å². The van der Waals surface area contributed by atoms with E-state index in [-0.39, 0.29) is 17.7 Å². The molecule has 2 aromatic carbocycles. The fourth-order valence-corrected chi connectivity index (χ4v) is 4.00. The van der Waals surface area contributed by atoms with Gasteiger partial charge >= 0.3 is 0 Å². The quantitative estimate of drug-likeness (QED) is 0.642. The molecule has 0 unspecified atom stereocenters. The number of halogens is 1. The standard InChI is InChI=1S/C19H18FN3O4S/c20-16-9-5-4-8-15(16)12-28(26,27)13-17(19(25)22-11-10-21)23-18(24)14-6-2-1-3-7-14/h1-9,17H,11-13H2,(H,22,25)(H,23,24)/t17-/m0/s1. The van der Waals surface area contributed by atoms with Gasteiger partial charge < -0.3 is 10.6 Å². The van der Waals surface area contributed by atoms with Crippen LogP contribution >= 0.6 is 0 Å². The summed E-state index contributed by atoms with van der Waals surface area (Å²) < 4.78 is 38.8. The number of nitrogens with one attached hydrogen (secondary N) is 2. The number of nitriles is 1. The molecule has 0 saturated heterocycles. The van der Waals surface area contributed by atoms with Gasteiger partial charge in [-0.1, -0.05) is 36.4 Å². The van der Waals surface area contributed by atoms with Crippen LogP contribution in [0.25, 0.3) is 0 Å². The van der Waals surface area contributed by atoms with E-state index in [0.717, 1.165) is 6.07 Å². The molecule has 0 aromatic heterocycles. The fraction of sp³-hybridized carbons (Fsp3) is 0.211. The molecule has 2 rings (SSSR count). The first-order valence-electron chi connectivity index (χ1n) is 8.27. The minimum absolute atomic E-state index is 0.0342. The topological polar surface area (TPSA) is 116 Å². The maximum atomic E-state index is 13.8. The number of amides is 2. The first-order chi connectivity index (χ1) is 13.3. The van der Waals surface area contributed by atoms with Crippen LogP contribution in [-0.4, -0.2) is 38.6 Å². The second-order valence-electron chi connectivity index (χ2n) is 5.91. The Morgan fingerprint density at radius 2 is 1.71 bits per heavy atom. The number of benzene rings is 2. The predicted octanol–water partition coefficient (Wildman–Crippen LogP) is 1.18. The molecule has 2 aromatic rings. The largest absolute Gasteiger partial charge is 0.341 e. The van der Waals surface area contributed by atoms with Crippen LogP contribution in [0.3, 0.4) is 0 Å². The van der Waals surface area contributed by atoms with Crippen LogP contribution in [0.4, 0.5) is 4.39 Å². The first kappa shape index (κ1) is 21.1. The lowest BCUT2D eigenvalue weighted by atomic mass is 10.2. The van der Waals surface area contributed by atoms with Crippen molar-refractivity contribution in [3.8, 4) is 6.07 Å². The number of nitrogens with zero attached hydrogens (tertiary/aromatic N) is 1. The van der Waals surface area contributed by atoms with Gasteiger partial charge in [-0.05, 0) is 18.2 Å². The van der Waals surface area contributed by atoms with E-state index in [0.29, 0.717) is 0 Å². The number of carbonyl (C=O) groups excluding carboxylic acids is 2. The second kappa shape index (κ2) is 9.62. The average Bonchev–Trinajstić information content (AvgIpc) is 2.67. The number of carbonyl (C=O) groups is 2. The van der Waals surface area contributed by atoms with E-state index in [1.807, 2.05) is 0 Å². The van der Waals surface area contributed by atoms with Gasteiger partial charge in [0.2, 0.25) is 5.91 Å². The Morgan fingerprint density at radius 3 is 2.36 bits per heavy atom. The highest BCUT2D eigenvalue weighted by atomic mass is 32.2. The lowest BCUT2D eigenvalue weighted by molar-refractivity contribution is -0.122. The molecule has 0 aliphatic heterocycles. The van der Waals surface area contributed by atoms with Crippen molar-refractivity contribution in [3.63, 3.8) is 0 Å². The van der Waals surface area contributed by atoms with Crippen molar-refractivity contribution in [2.75, 3.05) is 12.3 Å². The molecule has 2 N–H and O–H groups in total. The lowest BCUT2D eigenvalue weighted by Crippen LogP contribution is -2.50. The third-order valence-corrected chi connectivity index (χ3v) is 5.35. The third kappa shape index (κ3) is 6.17. The van der Waals surface area contributed by atoms with Gasteiger partial charge in [-0.15, -0.1) is 0 Å². The van der Waals surface area contributed by atoms with Crippen molar-refractivity contribution in [1.82, 2.24) is 10.6 Å². The van der Waals surface area contributed by atoms with Gasteiger partial charge in [0.25, 0.3) is 5.91 Å². The van der Waals surface area contributed by atoms with Gasteiger partial charge in [-0.25, -0.2) is 12.8 Å². The van der Waals surface area contributed by atoms with Crippen molar-refractivity contribution >= 4 is 21.7 Å². The fourth-order valence-electron chi connectivity index (χ4n) is 2.43. The summed E-state index contributed by atoms with van der Waals surface area (Å²) in [6.07, 6.45) is 0. The van der Waals surface area contributed by atoms with Crippen molar-refractivity contribution in [1.29, 1.82) is 5.26 Å². The maximum Gasteiger partial charge on any atom is 0.251 e. The van der Waals surface area contributed by atoms with Crippen molar-refractivity contribution < 1.29 is 22.4 Å². The zero-order valence-corrected chi connectivity index (χ0v) is 15.6. The molecule has 0 aliphatic carbocycles. The molecule has 0 fully saturated rings. The van der Waals surface area contributed by atoms with Gasteiger partial charge in [0.15, 0.2) is 9.84 Å². The average molecular weight is 403 g/mol. The van der Waals surface area contributed by atoms with E-state index in [1.165, 1.54) is 30.3 Å². The Hall–Kier alpha value is -3.25. The lowest BCUT2D eigenvalue weighted by Gasteiger charge is -2.18. The molecule has 28 heavy (non-hydrogen) atoms. The van der Waals surface area contributed by atoms with Crippen LogP contribution in [0.15, 0.2) is 54.6 Å². The summed E-state index contributed by atoms with van der Waals surface area (Å²) in [6.45, 7) is -0.343. The molecule has 0 heterocycles. The minimum Gasteiger partial charge on any atom is -0.341 e. The van der Waals surface area contributed by atoms with E-state index in [2.05, 4.69) is 10.6 Å². The van der Waals surface area contributed by atoms with Crippen molar-refractivity contribution in [2.45, 2.75) is 11.8 Å². The summed E-state index contributed by atoms with van der Waals surface area (Å²) in [4.78, 5) is 24.6. The first-order valence-corrected chi connectivity index (χ1v) is 10.1. The normalized spacial score (nSPS) is 11.9. The van der Waals surface area contributed by atoms with Gasteiger partial charge in [0.1, 0.15) is 18.4 Å². The van der Waals surface area contributed by atoms with Crippen LogP contribution in [-0.2, 0) is 20.4 Å². The Balaban J connectivity index is 2.18. The van der Waals surface area contributed by atoms with Crippen LogP contribution in [0.2, 0.25) is 0 Å². The van der Waals surface area contributed by atoms with E-state index in [4.69, 9.17) is 5.26 Å². The monoisotopic (exact) mass is 403 g/mol. The van der Waals surface area contributed by atoms with E-state index >= 15 is 0 Å². The molecular weight excluding hydrogens is 385 g/mol. The van der Waals surface area contributed by atoms with Gasteiger partial charge in [0.05, 0.1) is 17.6 Å². The Morgan fingerprint density at radius 1 is 1.07 bits per heavy atom. The van der Waals surface area contributed by atoms with Gasteiger partial charge in [0, 0.05) is 11.1 Å². The highest BCUT2D eigenvalue weighted by Crippen LogP contribution is 2.12. The summed E-state index contributed by atoms with van der Waals surface area (Å²) in [5, 5.41) is 13.2. The SMILES string of the molecule is N#CCNC(=O)[C@H](CS(=O)(=O)Cc1ccccc1F)NC(=O)c1ccccc1. The molecule has 0 radical (unpaired) electrons. The molecule has 7 nitrogen and oxygen atoms in total. The molecule has 0 bridgehead atoms. The maximum absolute atomic E-state index is 13.8. The number of rotatable bonds is 8. The molecule has 0 aliphatic rings. The van der Waals surface area contributed by atoms with Crippen molar-refractivity contribution in [3.05, 3.63) is 71.5 Å². The highest BCUT2D eigenvalue weighted by molar-refractivity contribution is 7.90. The molecule has 2 amide bonds. The summed E-state index contributed by atoms with van der Waals surface area (Å²) in [6, 6.07) is 13.6. The highest BCUT2D eigenvalue weighted by Gasteiger charge is 2.28. The number of sulfone groups is 1. The number of hydrogen-bond donors (Lipinski definition) is 2. The zero-order chi connectivity index (χ0) is 20.6. The molecule has 146 valence electrons. The molecule has 0 spiro atoms. The van der Waals surface area contributed by atoms with E-state index in [1.54, 1.807) is 24.3 Å². The van der Waals surface area contributed by atoms with Crippen LogP contribution < -0.4 is 10.6 Å². The van der Waals surface area contributed by atoms with Crippen LogP contribution in [0.1, 0.15) is 15.9 Å². The zero-order valence-electron chi connectivity index (χ0n) is 14.8. The van der Waals surface area contributed by atoms with E-state index < -0.39 is 45.0 Å². The molecule has 9 heteroatoms. The molecule has 1 atom stereocenters. The summed E-state index contributed by atoms with van der Waals surface area (Å²) >= 11 is 0. The van der Waals surface area contributed by atoms with E-state index in [9.17, 15) is 22.4 Å². The predicted molar refractivity (Wildman–Crippen MR) is 100 cm³/mol. The summed E-state index contributed by atoms with van der Waals surface area (Å²) in [5.41, 5.74) is 0.208. The molecule has 0 saturated carbocycles. The molecular formula is C19H18FN3O4S. The Labute approximate surface area is 162 Å². The third-order valence-electron chi connectivity index (χ3n) is 3.75. The van der Waals surface area contributed by atoms with Crippen LogP contribution in [0, 0.1) is 17.1 Å². The minimum atomic E-state index is -3.95. The van der Waals surface area contributed by atoms with Gasteiger partial charge in [-0.3, -0.25) is 9.59 Å². The second-order valence-corrected chi connectivity index (χ2v) is 8.02. The number of hydrogen-bond acceptors (Lipinski definition) is 5. The summed E-state index contributed by atoms with van der Waals surface area (Å²) in [5.74, 6) is -3.49. The van der Waals surface area contributed by atoms with Gasteiger partial charge in [-0.2, -0.15) is 5.26 Å². The van der Waals surface area contributed by atoms with Crippen molar-refractivity contribution in [2.24, 2.45) is 0 Å². The Kier molecular flexibility index (Phi) is 7.23. The summed E-state index contributed by atoms with van der Waals surface area (Å²) in [7, 11) is -3.95. The Bertz CT molecular complexity index is 988.